The number of carbonyl (C=O) groups excluding carboxylic acids is 1. The van der Waals surface area contributed by atoms with E-state index in [1.807, 2.05) is 11.4 Å². The number of thiophene rings is 1. The minimum atomic E-state index is -3.96. The van der Waals surface area contributed by atoms with Crippen molar-refractivity contribution >= 4 is 50.4 Å². The van der Waals surface area contributed by atoms with Gasteiger partial charge in [0.25, 0.3) is 0 Å². The lowest BCUT2D eigenvalue weighted by Crippen LogP contribution is -2.32. The highest BCUT2D eigenvalue weighted by molar-refractivity contribution is 8.00. The van der Waals surface area contributed by atoms with Crippen LogP contribution in [0.3, 0.4) is 0 Å². The summed E-state index contributed by atoms with van der Waals surface area (Å²) in [6, 6.07) is 9.45. The first kappa shape index (κ1) is 22.3. The zero-order chi connectivity index (χ0) is 21.8. The second-order valence-corrected chi connectivity index (χ2v) is 11.0. The van der Waals surface area contributed by atoms with Gasteiger partial charge in [-0.15, -0.1) is 11.3 Å². The standard InChI is InChI=1S/C20H19ClN2O5S3/c21-13-5-7-15(8-6-13)31(25,26)19-20(28-18(23-19)16-4-2-10-29-16)30-12-17(24)22-11-14-3-1-9-27-14/h2,4-8,10,14H,1,3,9,11-12H2,(H,22,24). The third kappa shape index (κ3) is 5.32. The number of sulfone groups is 1. The van der Waals surface area contributed by atoms with E-state index in [4.69, 9.17) is 20.8 Å². The summed E-state index contributed by atoms with van der Waals surface area (Å²) in [5, 5.41) is 4.95. The number of benzene rings is 1. The van der Waals surface area contributed by atoms with Crippen LogP contribution in [0.1, 0.15) is 12.8 Å². The quantitative estimate of drug-likeness (QED) is 0.463. The molecule has 3 aromatic rings. The lowest BCUT2D eigenvalue weighted by atomic mass is 10.2. The molecule has 1 N–H and O–H groups in total. The average molecular weight is 499 g/mol. The summed E-state index contributed by atoms with van der Waals surface area (Å²) in [5.74, 6) is -0.0382. The van der Waals surface area contributed by atoms with Crippen LogP contribution in [0.25, 0.3) is 10.8 Å². The average Bonchev–Trinajstić information content (AvgIpc) is 3.52. The van der Waals surface area contributed by atoms with Gasteiger partial charge in [0.15, 0.2) is 0 Å². The minimum Gasteiger partial charge on any atom is -0.428 e. The van der Waals surface area contributed by atoms with Gasteiger partial charge in [0, 0.05) is 18.2 Å². The van der Waals surface area contributed by atoms with E-state index in [1.165, 1.54) is 35.6 Å². The number of thioether (sulfide) groups is 1. The molecular formula is C20H19ClN2O5S3. The first-order valence-electron chi connectivity index (χ1n) is 9.50. The third-order valence-electron chi connectivity index (χ3n) is 4.56. The second-order valence-electron chi connectivity index (χ2n) is 6.77. The second kappa shape index (κ2) is 9.74. The van der Waals surface area contributed by atoms with Crippen LogP contribution in [0.4, 0.5) is 0 Å². The van der Waals surface area contributed by atoms with E-state index in [1.54, 1.807) is 6.07 Å². The molecule has 3 heterocycles. The van der Waals surface area contributed by atoms with E-state index in [0.717, 1.165) is 24.6 Å². The Morgan fingerprint density at radius 1 is 1.29 bits per heavy atom. The van der Waals surface area contributed by atoms with Crippen molar-refractivity contribution in [2.75, 3.05) is 18.9 Å². The van der Waals surface area contributed by atoms with Crippen molar-refractivity contribution in [2.45, 2.75) is 34.0 Å². The number of hydrogen-bond donors (Lipinski definition) is 1. The molecule has 1 fully saturated rings. The lowest BCUT2D eigenvalue weighted by molar-refractivity contribution is -0.119. The summed E-state index contributed by atoms with van der Waals surface area (Å²) in [4.78, 5) is 17.3. The highest BCUT2D eigenvalue weighted by Gasteiger charge is 2.29. The van der Waals surface area contributed by atoms with Gasteiger partial charge in [-0.05, 0) is 48.6 Å². The molecule has 1 unspecified atom stereocenters. The van der Waals surface area contributed by atoms with Crippen molar-refractivity contribution in [1.29, 1.82) is 0 Å². The van der Waals surface area contributed by atoms with Crippen LogP contribution in [-0.2, 0) is 19.4 Å². The number of nitrogens with zero attached hydrogens (tertiary/aromatic N) is 1. The van der Waals surface area contributed by atoms with Gasteiger partial charge >= 0.3 is 0 Å². The topological polar surface area (TPSA) is 98.5 Å². The summed E-state index contributed by atoms with van der Waals surface area (Å²) in [6.07, 6.45) is 1.94. The lowest BCUT2D eigenvalue weighted by Gasteiger charge is -2.10. The highest BCUT2D eigenvalue weighted by atomic mass is 35.5. The Morgan fingerprint density at radius 3 is 2.77 bits per heavy atom. The predicted octanol–water partition coefficient (Wildman–Crippen LogP) is 4.28. The summed E-state index contributed by atoms with van der Waals surface area (Å²) >= 11 is 8.27. The molecular weight excluding hydrogens is 480 g/mol. The molecule has 2 aromatic heterocycles. The maximum absolute atomic E-state index is 13.2. The van der Waals surface area contributed by atoms with Crippen LogP contribution in [0.5, 0.6) is 0 Å². The van der Waals surface area contributed by atoms with Gasteiger partial charge in [0.1, 0.15) is 0 Å². The minimum absolute atomic E-state index is 0.00503. The number of carbonyl (C=O) groups is 1. The van der Waals surface area contributed by atoms with Crippen LogP contribution in [0.2, 0.25) is 5.02 Å². The number of halogens is 1. The first-order valence-corrected chi connectivity index (χ1v) is 13.2. The number of aromatic nitrogens is 1. The molecule has 0 bridgehead atoms. The molecule has 0 spiro atoms. The fraction of sp³-hybridized carbons (Fsp3) is 0.300. The zero-order valence-corrected chi connectivity index (χ0v) is 19.5. The van der Waals surface area contributed by atoms with E-state index in [0.29, 0.717) is 23.1 Å². The molecule has 31 heavy (non-hydrogen) atoms. The van der Waals surface area contributed by atoms with Gasteiger partial charge in [-0.25, -0.2) is 8.42 Å². The zero-order valence-electron chi connectivity index (χ0n) is 16.2. The van der Waals surface area contributed by atoms with Crippen molar-refractivity contribution < 1.29 is 22.4 Å². The number of hydrogen-bond acceptors (Lipinski definition) is 8. The molecule has 1 atom stereocenters. The van der Waals surface area contributed by atoms with E-state index in [-0.39, 0.29) is 38.7 Å². The molecule has 1 saturated heterocycles. The molecule has 0 radical (unpaired) electrons. The predicted molar refractivity (Wildman–Crippen MR) is 119 cm³/mol. The van der Waals surface area contributed by atoms with Crippen LogP contribution in [-0.4, -0.2) is 44.3 Å². The summed E-state index contributed by atoms with van der Waals surface area (Å²) in [7, 11) is -3.96. The van der Waals surface area contributed by atoms with Gasteiger partial charge < -0.3 is 14.5 Å². The van der Waals surface area contributed by atoms with E-state index < -0.39 is 9.84 Å². The van der Waals surface area contributed by atoms with Gasteiger partial charge in [-0.3, -0.25) is 4.79 Å². The maximum atomic E-state index is 13.2. The van der Waals surface area contributed by atoms with Crippen molar-refractivity contribution in [2.24, 2.45) is 0 Å². The van der Waals surface area contributed by atoms with Crippen LogP contribution >= 0.6 is 34.7 Å². The number of amides is 1. The normalized spacial score (nSPS) is 16.5. The Morgan fingerprint density at radius 2 is 2.10 bits per heavy atom. The highest BCUT2D eigenvalue weighted by Crippen LogP contribution is 2.36. The van der Waals surface area contributed by atoms with Crippen LogP contribution in [0, 0.1) is 0 Å². The van der Waals surface area contributed by atoms with Crippen molar-refractivity contribution in [1.82, 2.24) is 10.3 Å². The number of ether oxygens (including phenoxy) is 1. The van der Waals surface area contributed by atoms with E-state index in [9.17, 15) is 13.2 Å². The summed E-state index contributed by atoms with van der Waals surface area (Å²) < 4.78 is 37.7. The largest absolute Gasteiger partial charge is 0.428 e. The SMILES string of the molecule is O=C(CSc1oc(-c2cccs2)nc1S(=O)(=O)c1ccc(Cl)cc1)NCC1CCCO1. The maximum Gasteiger partial charge on any atom is 0.238 e. The van der Waals surface area contributed by atoms with Gasteiger partial charge in [0.05, 0.1) is 21.6 Å². The number of nitrogens with one attached hydrogen (secondary N) is 1. The molecule has 164 valence electrons. The Balaban J connectivity index is 1.55. The molecule has 1 aliphatic rings. The molecule has 11 heteroatoms. The van der Waals surface area contributed by atoms with Crippen molar-refractivity contribution in [3.05, 3.63) is 46.8 Å². The van der Waals surface area contributed by atoms with Gasteiger partial charge in [0.2, 0.25) is 31.8 Å². The smallest absolute Gasteiger partial charge is 0.238 e. The van der Waals surface area contributed by atoms with Gasteiger partial charge in [-0.2, -0.15) is 4.98 Å². The summed E-state index contributed by atoms with van der Waals surface area (Å²) in [5.41, 5.74) is 0. The Hall–Kier alpha value is -1.85. The fourth-order valence-corrected chi connectivity index (χ4v) is 6.13. The van der Waals surface area contributed by atoms with E-state index >= 15 is 0 Å². The monoisotopic (exact) mass is 498 g/mol. The molecule has 1 amide bonds. The molecule has 4 rings (SSSR count). The Labute approximate surface area is 193 Å². The molecule has 1 aliphatic heterocycles. The fourth-order valence-electron chi connectivity index (χ4n) is 3.00. The van der Waals surface area contributed by atoms with E-state index in [2.05, 4.69) is 10.3 Å². The molecule has 0 saturated carbocycles. The summed E-state index contributed by atoms with van der Waals surface area (Å²) in [6.45, 7) is 1.15. The van der Waals surface area contributed by atoms with Crippen molar-refractivity contribution in [3.63, 3.8) is 0 Å². The van der Waals surface area contributed by atoms with Crippen LogP contribution in [0.15, 0.2) is 61.2 Å². The number of rotatable bonds is 8. The van der Waals surface area contributed by atoms with Crippen LogP contribution < -0.4 is 5.32 Å². The van der Waals surface area contributed by atoms with Gasteiger partial charge in [-0.1, -0.05) is 29.4 Å². The molecule has 0 aliphatic carbocycles. The first-order chi connectivity index (χ1) is 14.9. The Bertz CT molecular complexity index is 1140. The number of oxazole rings is 1. The van der Waals surface area contributed by atoms with Crippen molar-refractivity contribution in [3.8, 4) is 10.8 Å². The molecule has 7 nitrogen and oxygen atoms in total. The molecule has 1 aromatic carbocycles. The third-order valence-corrected chi connectivity index (χ3v) is 8.43. The Kier molecular flexibility index (Phi) is 7.02.